The van der Waals surface area contributed by atoms with Gasteiger partial charge in [0.05, 0.1) is 11.7 Å². The SMILES string of the molecule is CN1CCN(C(C)(C)CC23CCC(CN(C(C)(C)C)C2)O3)CC1. The number of hydrogen-bond donors (Lipinski definition) is 0. The standard InChI is InChI=1S/C19H37N3O/c1-17(2,3)22-13-16-7-8-19(15-22,23-16)14-18(4,5)21-11-9-20(6)10-12-21/h16H,7-15H2,1-6H3. The monoisotopic (exact) mass is 323 g/mol. The maximum Gasteiger partial charge on any atom is 0.0831 e. The van der Waals surface area contributed by atoms with Gasteiger partial charge in [-0.2, -0.15) is 0 Å². The van der Waals surface area contributed by atoms with Crippen molar-refractivity contribution in [1.29, 1.82) is 0 Å². The third kappa shape index (κ3) is 3.76. The van der Waals surface area contributed by atoms with Gasteiger partial charge in [-0.1, -0.05) is 0 Å². The van der Waals surface area contributed by atoms with Gasteiger partial charge >= 0.3 is 0 Å². The molecule has 0 aromatic rings. The van der Waals surface area contributed by atoms with Crippen LogP contribution in [0.5, 0.6) is 0 Å². The summed E-state index contributed by atoms with van der Waals surface area (Å²) in [7, 11) is 2.23. The second-order valence-electron chi connectivity index (χ2n) is 9.79. The van der Waals surface area contributed by atoms with E-state index < -0.39 is 0 Å². The van der Waals surface area contributed by atoms with Crippen LogP contribution in [0.15, 0.2) is 0 Å². The first-order valence-electron chi connectivity index (χ1n) is 9.46. The van der Waals surface area contributed by atoms with Gasteiger partial charge in [-0.25, -0.2) is 0 Å². The normalized spacial score (nSPS) is 35.0. The predicted molar refractivity (Wildman–Crippen MR) is 95.9 cm³/mol. The van der Waals surface area contributed by atoms with Crippen LogP contribution in [0, 0.1) is 0 Å². The molecular weight excluding hydrogens is 286 g/mol. The Hall–Kier alpha value is -0.160. The van der Waals surface area contributed by atoms with Crippen molar-refractivity contribution in [2.24, 2.45) is 0 Å². The summed E-state index contributed by atoms with van der Waals surface area (Å²) in [6.07, 6.45) is 4.09. The van der Waals surface area contributed by atoms with E-state index in [1.807, 2.05) is 0 Å². The molecule has 0 aliphatic carbocycles. The number of likely N-dealkylation sites (tertiary alicyclic amines) is 1. The van der Waals surface area contributed by atoms with Crippen LogP contribution in [0.25, 0.3) is 0 Å². The molecule has 4 nitrogen and oxygen atoms in total. The molecule has 3 aliphatic heterocycles. The molecule has 2 atom stereocenters. The molecule has 0 aromatic carbocycles. The summed E-state index contributed by atoms with van der Waals surface area (Å²) in [6.45, 7) is 18.9. The Bertz CT molecular complexity index is 423. The minimum absolute atomic E-state index is 0.0725. The number of nitrogens with zero attached hydrogens (tertiary/aromatic N) is 3. The molecule has 0 radical (unpaired) electrons. The molecule has 3 heterocycles. The molecule has 0 spiro atoms. The molecule has 0 aromatic heterocycles. The molecule has 3 fully saturated rings. The van der Waals surface area contributed by atoms with Gasteiger partial charge in [0.2, 0.25) is 0 Å². The third-order valence-electron chi connectivity index (χ3n) is 6.30. The molecule has 23 heavy (non-hydrogen) atoms. The summed E-state index contributed by atoms with van der Waals surface area (Å²) in [5, 5.41) is 0. The second-order valence-corrected chi connectivity index (χ2v) is 9.79. The van der Waals surface area contributed by atoms with Gasteiger partial charge in [-0.3, -0.25) is 9.80 Å². The van der Waals surface area contributed by atoms with Crippen LogP contribution < -0.4 is 0 Å². The summed E-state index contributed by atoms with van der Waals surface area (Å²) in [6, 6.07) is 0. The molecule has 3 saturated heterocycles. The lowest BCUT2D eigenvalue weighted by atomic mass is 9.82. The van der Waals surface area contributed by atoms with E-state index in [0.29, 0.717) is 6.10 Å². The van der Waals surface area contributed by atoms with Gasteiger partial charge in [-0.05, 0) is 60.9 Å². The molecule has 0 amide bonds. The minimum atomic E-state index is 0.0725. The first kappa shape index (κ1) is 17.7. The van der Waals surface area contributed by atoms with Crippen LogP contribution in [0.4, 0.5) is 0 Å². The van der Waals surface area contributed by atoms with E-state index in [0.717, 1.165) is 19.5 Å². The zero-order valence-corrected chi connectivity index (χ0v) is 16.2. The molecule has 4 heteroatoms. The van der Waals surface area contributed by atoms with Gasteiger partial charge in [0.1, 0.15) is 0 Å². The quantitative estimate of drug-likeness (QED) is 0.794. The lowest BCUT2D eigenvalue weighted by Gasteiger charge is -2.51. The largest absolute Gasteiger partial charge is 0.369 e. The highest BCUT2D eigenvalue weighted by Crippen LogP contribution is 2.44. The molecule has 2 unspecified atom stereocenters. The highest BCUT2D eigenvalue weighted by atomic mass is 16.5. The van der Waals surface area contributed by atoms with Gasteiger partial charge in [0.25, 0.3) is 0 Å². The highest BCUT2D eigenvalue weighted by Gasteiger charge is 2.51. The summed E-state index contributed by atoms with van der Waals surface area (Å²) in [5.41, 5.74) is 0.537. The lowest BCUT2D eigenvalue weighted by molar-refractivity contribution is -0.148. The van der Waals surface area contributed by atoms with E-state index in [1.165, 1.54) is 39.0 Å². The first-order chi connectivity index (χ1) is 10.6. The number of morpholine rings is 1. The second kappa shape index (κ2) is 5.98. The Labute approximate surface area is 143 Å². The topological polar surface area (TPSA) is 19.0 Å². The number of likely N-dealkylation sites (N-methyl/N-ethyl adjacent to an activating group) is 1. The summed E-state index contributed by atoms with van der Waals surface area (Å²) in [5.74, 6) is 0. The van der Waals surface area contributed by atoms with Crippen molar-refractivity contribution >= 4 is 0 Å². The third-order valence-corrected chi connectivity index (χ3v) is 6.30. The molecule has 134 valence electrons. The molecule has 3 aliphatic rings. The Kier molecular flexibility index (Phi) is 4.59. The van der Waals surface area contributed by atoms with E-state index >= 15 is 0 Å². The summed E-state index contributed by atoms with van der Waals surface area (Å²) < 4.78 is 6.58. The van der Waals surface area contributed by atoms with Crippen molar-refractivity contribution in [3.63, 3.8) is 0 Å². The fourth-order valence-corrected chi connectivity index (χ4v) is 4.81. The summed E-state index contributed by atoms with van der Waals surface area (Å²) >= 11 is 0. The first-order valence-corrected chi connectivity index (χ1v) is 9.46. The van der Waals surface area contributed by atoms with Crippen molar-refractivity contribution in [1.82, 2.24) is 14.7 Å². The number of rotatable bonds is 3. The van der Waals surface area contributed by atoms with Crippen molar-refractivity contribution in [2.75, 3.05) is 46.3 Å². The van der Waals surface area contributed by atoms with Crippen molar-refractivity contribution in [3.05, 3.63) is 0 Å². The van der Waals surface area contributed by atoms with Crippen LogP contribution >= 0.6 is 0 Å². The number of ether oxygens (including phenoxy) is 1. The minimum Gasteiger partial charge on any atom is -0.369 e. The number of fused-ring (bicyclic) bond motifs is 2. The molecule has 0 saturated carbocycles. The highest BCUT2D eigenvalue weighted by molar-refractivity contribution is 5.04. The van der Waals surface area contributed by atoms with Gasteiger partial charge < -0.3 is 9.64 Å². The van der Waals surface area contributed by atoms with Gasteiger partial charge in [-0.15, -0.1) is 0 Å². The van der Waals surface area contributed by atoms with Crippen LogP contribution in [-0.4, -0.2) is 83.8 Å². The van der Waals surface area contributed by atoms with Crippen molar-refractivity contribution in [3.8, 4) is 0 Å². The Morgan fingerprint density at radius 1 is 1.00 bits per heavy atom. The molecule has 0 N–H and O–H groups in total. The van der Waals surface area contributed by atoms with Crippen LogP contribution in [0.3, 0.4) is 0 Å². The van der Waals surface area contributed by atoms with Gasteiger partial charge in [0, 0.05) is 50.3 Å². The van der Waals surface area contributed by atoms with E-state index in [9.17, 15) is 0 Å². The number of hydrogen-bond acceptors (Lipinski definition) is 4. The van der Waals surface area contributed by atoms with Crippen LogP contribution in [0.2, 0.25) is 0 Å². The fraction of sp³-hybridized carbons (Fsp3) is 1.00. The zero-order chi connectivity index (χ0) is 16.9. The summed E-state index contributed by atoms with van der Waals surface area (Å²) in [4.78, 5) is 7.79. The van der Waals surface area contributed by atoms with E-state index in [1.54, 1.807) is 0 Å². The molecular formula is C19H37N3O. The lowest BCUT2D eigenvalue weighted by Crippen LogP contribution is -2.61. The van der Waals surface area contributed by atoms with Crippen molar-refractivity contribution < 1.29 is 4.74 Å². The fourth-order valence-electron chi connectivity index (χ4n) is 4.81. The van der Waals surface area contributed by atoms with Crippen LogP contribution in [-0.2, 0) is 4.74 Å². The van der Waals surface area contributed by atoms with E-state index in [2.05, 4.69) is 56.4 Å². The molecule has 3 rings (SSSR count). The van der Waals surface area contributed by atoms with E-state index in [4.69, 9.17) is 4.74 Å². The Morgan fingerprint density at radius 3 is 2.26 bits per heavy atom. The van der Waals surface area contributed by atoms with Gasteiger partial charge in [0.15, 0.2) is 0 Å². The Balaban J connectivity index is 1.70. The average molecular weight is 324 g/mol. The Morgan fingerprint density at radius 2 is 1.65 bits per heavy atom. The number of piperazine rings is 1. The maximum absolute atomic E-state index is 6.58. The molecule has 2 bridgehead atoms. The van der Waals surface area contributed by atoms with Crippen molar-refractivity contribution in [2.45, 2.75) is 76.7 Å². The van der Waals surface area contributed by atoms with E-state index in [-0.39, 0.29) is 16.7 Å². The smallest absolute Gasteiger partial charge is 0.0831 e. The maximum atomic E-state index is 6.58. The van der Waals surface area contributed by atoms with Crippen LogP contribution in [0.1, 0.15) is 53.9 Å². The predicted octanol–water partition coefficient (Wildman–Crippen LogP) is 2.43. The zero-order valence-electron chi connectivity index (χ0n) is 16.2. The average Bonchev–Trinajstić information content (AvgIpc) is 2.72.